The van der Waals surface area contributed by atoms with Gasteiger partial charge in [-0.2, -0.15) is 0 Å². The van der Waals surface area contributed by atoms with E-state index in [-0.39, 0.29) is 5.82 Å². The van der Waals surface area contributed by atoms with Gasteiger partial charge in [-0.3, -0.25) is 4.90 Å². The summed E-state index contributed by atoms with van der Waals surface area (Å²) in [5.74, 6) is -0.257. The van der Waals surface area contributed by atoms with Gasteiger partial charge in [0.05, 0.1) is 12.2 Å². The highest BCUT2D eigenvalue weighted by atomic mass is 19.1. The Hall–Kier alpha value is -3.22. The molecule has 3 aromatic carbocycles. The number of piperidine rings is 1. The van der Waals surface area contributed by atoms with E-state index in [0.29, 0.717) is 18.2 Å². The van der Waals surface area contributed by atoms with Gasteiger partial charge in [-0.05, 0) is 79.5 Å². The summed E-state index contributed by atoms with van der Waals surface area (Å²) in [5.41, 5.74) is 3.79. The maximum absolute atomic E-state index is 13.0. The molecule has 190 valence electrons. The van der Waals surface area contributed by atoms with Crippen molar-refractivity contribution in [3.63, 3.8) is 0 Å². The number of benzene rings is 3. The highest BCUT2D eigenvalue weighted by molar-refractivity contribution is 5.87. The Morgan fingerprint density at radius 2 is 1.64 bits per heavy atom. The topological polar surface area (TPSA) is 53.0 Å². The van der Waals surface area contributed by atoms with E-state index < -0.39 is 5.97 Å². The van der Waals surface area contributed by atoms with E-state index in [1.54, 1.807) is 24.3 Å². The Kier molecular flexibility index (Phi) is 9.09. The summed E-state index contributed by atoms with van der Waals surface area (Å²) in [5, 5.41) is 9.09. The molecule has 3 aromatic rings. The number of hydrogen-bond acceptors (Lipinski definition) is 4. The maximum Gasteiger partial charge on any atom is 0.335 e. The molecule has 0 aliphatic carbocycles. The highest BCUT2D eigenvalue weighted by Crippen LogP contribution is 2.22. The number of likely N-dealkylation sites (tertiary alicyclic amines) is 1. The minimum absolute atomic E-state index is 0.217. The molecule has 1 N–H and O–H groups in total. The largest absolute Gasteiger partial charge is 0.493 e. The van der Waals surface area contributed by atoms with Crippen molar-refractivity contribution >= 4 is 5.97 Å². The molecule has 0 saturated carbocycles. The molecule has 6 heteroatoms. The molecule has 1 aliphatic rings. The summed E-state index contributed by atoms with van der Waals surface area (Å²) >= 11 is 0. The molecule has 36 heavy (non-hydrogen) atoms. The van der Waals surface area contributed by atoms with E-state index in [9.17, 15) is 9.18 Å². The van der Waals surface area contributed by atoms with Gasteiger partial charge in [0, 0.05) is 32.1 Å². The summed E-state index contributed by atoms with van der Waals surface area (Å²) in [6.07, 6.45) is 4.41. The first kappa shape index (κ1) is 25.9. The Labute approximate surface area is 213 Å². The number of carboxylic acids is 1. The Bertz CT molecular complexity index is 1100. The number of aromatic carboxylic acids is 1. The van der Waals surface area contributed by atoms with Crippen molar-refractivity contribution in [2.45, 2.75) is 44.8 Å². The lowest BCUT2D eigenvalue weighted by molar-refractivity contribution is 0.0697. The summed E-state index contributed by atoms with van der Waals surface area (Å²) < 4.78 is 18.9. The lowest BCUT2D eigenvalue weighted by Gasteiger charge is -2.38. The standard InChI is InChI=1S/C30H35FN2O3/c1-32(20-24-5-11-26(12-6-24)30(34)35)22-28-4-2-3-18-33(28)21-25-9-15-29(16-10-25)36-19-17-23-7-13-27(31)14-8-23/h5-16,28H,2-4,17-22H2,1H3,(H,34,35)/t28-/m0/s1. The van der Waals surface area contributed by atoms with E-state index >= 15 is 0 Å². The van der Waals surface area contributed by atoms with Crippen LogP contribution in [0.25, 0.3) is 0 Å². The van der Waals surface area contributed by atoms with Crippen molar-refractivity contribution in [1.29, 1.82) is 0 Å². The average Bonchev–Trinajstić information content (AvgIpc) is 2.88. The molecular weight excluding hydrogens is 455 g/mol. The first-order chi connectivity index (χ1) is 17.5. The predicted molar refractivity (Wildman–Crippen MR) is 140 cm³/mol. The van der Waals surface area contributed by atoms with Crippen LogP contribution in [0.5, 0.6) is 5.75 Å². The van der Waals surface area contributed by atoms with Gasteiger partial charge in [0.25, 0.3) is 0 Å². The first-order valence-corrected chi connectivity index (χ1v) is 12.7. The molecule has 1 aliphatic heterocycles. The quantitative estimate of drug-likeness (QED) is 0.377. The van der Waals surface area contributed by atoms with Gasteiger partial charge < -0.3 is 14.7 Å². The third kappa shape index (κ3) is 7.64. The van der Waals surface area contributed by atoms with Crippen molar-refractivity contribution in [2.24, 2.45) is 0 Å². The average molecular weight is 491 g/mol. The number of halogens is 1. The van der Waals surface area contributed by atoms with Crippen LogP contribution in [0.4, 0.5) is 4.39 Å². The van der Waals surface area contributed by atoms with Crippen LogP contribution in [0.1, 0.15) is 46.3 Å². The molecular formula is C30H35FN2O3. The first-order valence-electron chi connectivity index (χ1n) is 12.7. The van der Waals surface area contributed by atoms with Gasteiger partial charge in [-0.25, -0.2) is 9.18 Å². The highest BCUT2D eigenvalue weighted by Gasteiger charge is 2.23. The van der Waals surface area contributed by atoms with Crippen LogP contribution >= 0.6 is 0 Å². The SMILES string of the molecule is CN(Cc1ccc(C(=O)O)cc1)C[C@@H]1CCCCN1Cc1ccc(OCCc2ccc(F)cc2)cc1. The van der Waals surface area contributed by atoms with E-state index in [4.69, 9.17) is 9.84 Å². The van der Waals surface area contributed by atoms with Crippen LogP contribution in [-0.2, 0) is 19.5 Å². The minimum atomic E-state index is -0.891. The van der Waals surface area contributed by atoms with Crippen LogP contribution in [0.15, 0.2) is 72.8 Å². The molecule has 4 rings (SSSR count). The minimum Gasteiger partial charge on any atom is -0.493 e. The van der Waals surface area contributed by atoms with Crippen molar-refractivity contribution in [2.75, 3.05) is 26.7 Å². The molecule has 0 bridgehead atoms. The van der Waals surface area contributed by atoms with Crippen molar-refractivity contribution in [3.05, 3.63) is 101 Å². The second-order valence-electron chi connectivity index (χ2n) is 9.69. The van der Waals surface area contributed by atoms with Gasteiger partial charge in [-0.15, -0.1) is 0 Å². The number of hydrogen-bond donors (Lipinski definition) is 1. The molecule has 5 nitrogen and oxygen atoms in total. The van der Waals surface area contributed by atoms with Crippen LogP contribution in [0, 0.1) is 5.82 Å². The van der Waals surface area contributed by atoms with Crippen molar-refractivity contribution in [1.82, 2.24) is 9.80 Å². The number of likely N-dealkylation sites (N-methyl/N-ethyl adjacent to an activating group) is 1. The van der Waals surface area contributed by atoms with E-state index in [0.717, 1.165) is 49.5 Å². The number of carbonyl (C=O) groups is 1. The molecule has 1 heterocycles. The number of nitrogens with zero attached hydrogens (tertiary/aromatic N) is 2. The van der Waals surface area contributed by atoms with Gasteiger partial charge in [0.1, 0.15) is 11.6 Å². The zero-order valence-electron chi connectivity index (χ0n) is 20.9. The molecule has 1 saturated heterocycles. The van der Waals surface area contributed by atoms with Crippen LogP contribution in [-0.4, -0.2) is 53.7 Å². The number of rotatable bonds is 11. The fourth-order valence-electron chi connectivity index (χ4n) is 4.83. The van der Waals surface area contributed by atoms with E-state index in [1.807, 2.05) is 24.3 Å². The third-order valence-electron chi connectivity index (χ3n) is 6.81. The molecule has 0 spiro atoms. The third-order valence-corrected chi connectivity index (χ3v) is 6.81. The molecule has 0 aromatic heterocycles. The fourth-order valence-corrected chi connectivity index (χ4v) is 4.83. The number of ether oxygens (including phenoxy) is 1. The normalized spacial score (nSPS) is 16.2. The van der Waals surface area contributed by atoms with Gasteiger partial charge in [-0.1, -0.05) is 42.8 Å². The number of carboxylic acid groups (broad SMARTS) is 1. The lowest BCUT2D eigenvalue weighted by Crippen LogP contribution is -2.45. The van der Waals surface area contributed by atoms with Crippen molar-refractivity contribution in [3.8, 4) is 5.75 Å². The van der Waals surface area contributed by atoms with Gasteiger partial charge >= 0.3 is 5.97 Å². The van der Waals surface area contributed by atoms with Crippen LogP contribution in [0.2, 0.25) is 0 Å². The second kappa shape index (κ2) is 12.7. The molecule has 1 atom stereocenters. The van der Waals surface area contributed by atoms with E-state index in [2.05, 4.69) is 29.0 Å². The maximum atomic E-state index is 13.0. The summed E-state index contributed by atoms with van der Waals surface area (Å²) in [6, 6.07) is 22.6. The Balaban J connectivity index is 1.26. The predicted octanol–water partition coefficient (Wildman–Crippen LogP) is 5.63. The molecule has 0 radical (unpaired) electrons. The molecule has 0 amide bonds. The molecule has 1 fully saturated rings. The summed E-state index contributed by atoms with van der Waals surface area (Å²) in [4.78, 5) is 16.0. The lowest BCUT2D eigenvalue weighted by atomic mass is 10.0. The van der Waals surface area contributed by atoms with Crippen LogP contribution in [0.3, 0.4) is 0 Å². The zero-order chi connectivity index (χ0) is 25.3. The van der Waals surface area contributed by atoms with Gasteiger partial charge in [0.2, 0.25) is 0 Å². The Morgan fingerprint density at radius 3 is 2.33 bits per heavy atom. The molecule has 0 unspecified atom stereocenters. The second-order valence-corrected chi connectivity index (χ2v) is 9.69. The fraction of sp³-hybridized carbons (Fsp3) is 0.367. The Morgan fingerprint density at radius 1 is 0.972 bits per heavy atom. The van der Waals surface area contributed by atoms with Crippen LogP contribution < -0.4 is 4.74 Å². The monoisotopic (exact) mass is 490 g/mol. The summed E-state index contributed by atoms with van der Waals surface area (Å²) in [7, 11) is 2.13. The zero-order valence-corrected chi connectivity index (χ0v) is 20.9. The van der Waals surface area contributed by atoms with Crippen molar-refractivity contribution < 1.29 is 19.0 Å². The van der Waals surface area contributed by atoms with E-state index in [1.165, 1.54) is 37.0 Å². The van der Waals surface area contributed by atoms with Gasteiger partial charge in [0.15, 0.2) is 0 Å². The smallest absolute Gasteiger partial charge is 0.335 e. The summed E-state index contributed by atoms with van der Waals surface area (Å²) in [6.45, 7) is 4.35.